The lowest BCUT2D eigenvalue weighted by atomic mass is 10.2. The van der Waals surface area contributed by atoms with Crippen LogP contribution in [0.25, 0.3) is 0 Å². The summed E-state index contributed by atoms with van der Waals surface area (Å²) in [6.07, 6.45) is 1.38. The Balaban J connectivity index is 2.09. The van der Waals surface area contributed by atoms with Crippen molar-refractivity contribution in [3.05, 3.63) is 39.8 Å². The maximum Gasteiger partial charge on any atom is 0.387 e. The van der Waals surface area contributed by atoms with Crippen molar-refractivity contribution in [2.75, 3.05) is 12.5 Å². The van der Waals surface area contributed by atoms with Crippen LogP contribution in [0.5, 0.6) is 11.5 Å². The van der Waals surface area contributed by atoms with E-state index in [1.54, 1.807) is 0 Å². The van der Waals surface area contributed by atoms with Gasteiger partial charge in [0.1, 0.15) is 5.69 Å². The number of alkyl halides is 2. The fraction of sp³-hybridized carbons (Fsp3) is 0.231. The topological polar surface area (TPSA) is 101 Å². The summed E-state index contributed by atoms with van der Waals surface area (Å²) in [6.45, 7) is -1.42. The van der Waals surface area contributed by atoms with E-state index in [0.29, 0.717) is 5.56 Å². The number of aromatic nitrogens is 3. The summed E-state index contributed by atoms with van der Waals surface area (Å²) in [7, 11) is 1.33. The molecule has 0 amide bonds. The summed E-state index contributed by atoms with van der Waals surface area (Å²) in [5.74, 6) is 0.126. The Labute approximate surface area is 129 Å². The zero-order valence-electron chi connectivity index (χ0n) is 12.2. The SMILES string of the molecule is COc1cc(/C=N\Nc2nnc(C)c(=O)[nH]2)ccc1OC(F)F. The van der Waals surface area contributed by atoms with Crippen molar-refractivity contribution < 1.29 is 18.3 Å². The number of halogens is 2. The van der Waals surface area contributed by atoms with Crippen LogP contribution in [-0.2, 0) is 0 Å². The van der Waals surface area contributed by atoms with E-state index >= 15 is 0 Å². The van der Waals surface area contributed by atoms with E-state index in [9.17, 15) is 13.6 Å². The summed E-state index contributed by atoms with van der Waals surface area (Å²) in [5, 5.41) is 11.2. The Hall–Kier alpha value is -3.04. The standard InChI is InChI=1S/C13H13F2N5O3/c1-7-11(21)17-13(20-18-7)19-16-6-8-3-4-9(23-12(14)15)10(5-8)22-2/h3-6,12H,1-2H3,(H2,17,19,20,21)/b16-6-. The van der Waals surface area contributed by atoms with Crippen molar-refractivity contribution >= 4 is 12.2 Å². The predicted octanol–water partition coefficient (Wildman–Crippen LogP) is 1.53. The second-order valence-electron chi connectivity index (χ2n) is 4.25. The molecule has 0 aliphatic carbocycles. The molecule has 1 aromatic heterocycles. The van der Waals surface area contributed by atoms with Crippen molar-refractivity contribution in [1.82, 2.24) is 15.2 Å². The van der Waals surface area contributed by atoms with Gasteiger partial charge in [0.2, 0.25) is 5.95 Å². The molecule has 0 aliphatic heterocycles. The second kappa shape index (κ2) is 7.29. The normalized spacial score (nSPS) is 11.0. The zero-order valence-corrected chi connectivity index (χ0v) is 12.2. The van der Waals surface area contributed by atoms with Gasteiger partial charge in [0, 0.05) is 0 Å². The molecule has 2 rings (SSSR count). The molecule has 0 aliphatic rings. The van der Waals surface area contributed by atoms with E-state index in [-0.39, 0.29) is 28.7 Å². The van der Waals surface area contributed by atoms with E-state index in [1.165, 1.54) is 38.4 Å². The Kier molecular flexibility index (Phi) is 5.18. The van der Waals surface area contributed by atoms with Crippen molar-refractivity contribution in [3.8, 4) is 11.5 Å². The molecule has 1 aromatic carbocycles. The molecular weight excluding hydrogens is 312 g/mol. The van der Waals surface area contributed by atoms with E-state index in [0.717, 1.165) is 0 Å². The number of ether oxygens (including phenoxy) is 2. The predicted molar refractivity (Wildman–Crippen MR) is 78.2 cm³/mol. The molecule has 23 heavy (non-hydrogen) atoms. The van der Waals surface area contributed by atoms with Crippen LogP contribution in [-0.4, -0.2) is 35.1 Å². The molecule has 0 radical (unpaired) electrons. The van der Waals surface area contributed by atoms with Crippen LogP contribution in [0.3, 0.4) is 0 Å². The number of nitrogens with zero attached hydrogens (tertiary/aromatic N) is 3. The third kappa shape index (κ3) is 4.46. The Bertz CT molecular complexity index is 764. The van der Waals surface area contributed by atoms with E-state index < -0.39 is 6.61 Å². The molecule has 1 heterocycles. The number of H-pyrrole nitrogens is 1. The molecule has 2 aromatic rings. The Morgan fingerprint density at radius 2 is 2.13 bits per heavy atom. The van der Waals surface area contributed by atoms with Gasteiger partial charge in [0.25, 0.3) is 5.56 Å². The first-order valence-electron chi connectivity index (χ1n) is 6.35. The van der Waals surface area contributed by atoms with Gasteiger partial charge < -0.3 is 9.47 Å². The number of rotatable bonds is 6. The second-order valence-corrected chi connectivity index (χ2v) is 4.25. The summed E-state index contributed by atoms with van der Waals surface area (Å²) in [6, 6.07) is 4.31. The average Bonchev–Trinajstić information content (AvgIpc) is 2.51. The van der Waals surface area contributed by atoms with Crippen LogP contribution in [0.15, 0.2) is 28.1 Å². The molecule has 8 nitrogen and oxygen atoms in total. The number of methoxy groups -OCH3 is 1. The molecule has 10 heteroatoms. The highest BCUT2D eigenvalue weighted by Crippen LogP contribution is 2.28. The maximum atomic E-state index is 12.2. The van der Waals surface area contributed by atoms with Gasteiger partial charge in [0.15, 0.2) is 11.5 Å². The summed E-state index contributed by atoms with van der Waals surface area (Å²) < 4.78 is 33.7. The summed E-state index contributed by atoms with van der Waals surface area (Å²) >= 11 is 0. The van der Waals surface area contributed by atoms with E-state index in [4.69, 9.17) is 4.74 Å². The minimum absolute atomic E-state index is 0.0708. The van der Waals surface area contributed by atoms with E-state index in [1.807, 2.05) is 0 Å². The van der Waals surface area contributed by atoms with Gasteiger partial charge >= 0.3 is 6.61 Å². The third-order valence-electron chi connectivity index (χ3n) is 2.65. The molecular formula is C13H13F2N5O3. The van der Waals surface area contributed by atoms with Crippen LogP contribution in [0, 0.1) is 6.92 Å². The quantitative estimate of drug-likeness (QED) is 0.617. The van der Waals surface area contributed by atoms with Gasteiger partial charge in [-0.05, 0) is 30.7 Å². The highest BCUT2D eigenvalue weighted by Gasteiger charge is 2.10. The average molecular weight is 325 g/mol. The van der Waals surface area contributed by atoms with Gasteiger partial charge in [-0.3, -0.25) is 9.78 Å². The number of nitrogens with one attached hydrogen (secondary N) is 2. The first-order chi connectivity index (χ1) is 11.0. The molecule has 0 unspecified atom stereocenters. The zero-order chi connectivity index (χ0) is 16.8. The molecule has 2 N–H and O–H groups in total. The van der Waals surface area contributed by atoms with Crippen LogP contribution in [0.4, 0.5) is 14.7 Å². The molecule has 0 bridgehead atoms. The highest BCUT2D eigenvalue weighted by atomic mass is 19.3. The lowest BCUT2D eigenvalue weighted by Gasteiger charge is -2.09. The first-order valence-corrected chi connectivity index (χ1v) is 6.35. The van der Waals surface area contributed by atoms with Gasteiger partial charge in [-0.2, -0.15) is 13.9 Å². The molecule has 122 valence electrons. The smallest absolute Gasteiger partial charge is 0.387 e. The van der Waals surface area contributed by atoms with Gasteiger partial charge in [0.05, 0.1) is 13.3 Å². The largest absolute Gasteiger partial charge is 0.493 e. The number of aryl methyl sites for hydroxylation is 1. The lowest BCUT2D eigenvalue weighted by molar-refractivity contribution is -0.0512. The maximum absolute atomic E-state index is 12.2. The number of hydrazone groups is 1. The molecule has 0 atom stereocenters. The molecule has 0 saturated carbocycles. The van der Waals surface area contributed by atoms with Crippen molar-refractivity contribution in [2.24, 2.45) is 5.10 Å². The molecule has 0 spiro atoms. The number of benzene rings is 1. The Morgan fingerprint density at radius 1 is 1.35 bits per heavy atom. The van der Waals surface area contributed by atoms with Crippen LogP contribution < -0.4 is 20.5 Å². The minimum atomic E-state index is -2.94. The van der Waals surface area contributed by atoms with Crippen LogP contribution in [0.1, 0.15) is 11.3 Å². The lowest BCUT2D eigenvalue weighted by Crippen LogP contribution is -2.15. The van der Waals surface area contributed by atoms with Crippen molar-refractivity contribution in [3.63, 3.8) is 0 Å². The number of hydrogen-bond donors (Lipinski definition) is 2. The third-order valence-corrected chi connectivity index (χ3v) is 2.65. The van der Waals surface area contributed by atoms with Gasteiger partial charge in [-0.1, -0.05) is 0 Å². The van der Waals surface area contributed by atoms with Gasteiger partial charge in [-0.25, -0.2) is 5.43 Å². The van der Waals surface area contributed by atoms with E-state index in [2.05, 4.69) is 30.4 Å². The van der Waals surface area contributed by atoms with Crippen molar-refractivity contribution in [1.29, 1.82) is 0 Å². The summed E-state index contributed by atoms with van der Waals surface area (Å²) in [4.78, 5) is 13.8. The fourth-order valence-corrected chi connectivity index (χ4v) is 1.57. The number of aromatic amines is 1. The number of hydrogen-bond acceptors (Lipinski definition) is 7. The number of anilines is 1. The minimum Gasteiger partial charge on any atom is -0.493 e. The molecule has 0 fully saturated rings. The van der Waals surface area contributed by atoms with Gasteiger partial charge in [-0.15, -0.1) is 10.2 Å². The van der Waals surface area contributed by atoms with Crippen LogP contribution in [0.2, 0.25) is 0 Å². The monoisotopic (exact) mass is 325 g/mol. The van der Waals surface area contributed by atoms with Crippen molar-refractivity contribution in [2.45, 2.75) is 13.5 Å². The fourth-order valence-electron chi connectivity index (χ4n) is 1.57. The summed E-state index contributed by atoms with van der Waals surface area (Å²) in [5.41, 5.74) is 2.90. The highest BCUT2D eigenvalue weighted by molar-refractivity contribution is 5.81. The Morgan fingerprint density at radius 3 is 2.78 bits per heavy atom. The first kappa shape index (κ1) is 16.3. The van der Waals surface area contributed by atoms with Crippen LogP contribution >= 0.6 is 0 Å². The molecule has 0 saturated heterocycles.